The lowest BCUT2D eigenvalue weighted by Gasteiger charge is -2.13. The first kappa shape index (κ1) is 29.7. The van der Waals surface area contributed by atoms with Gasteiger partial charge in [-0.3, -0.25) is 24.1 Å². The van der Waals surface area contributed by atoms with Gasteiger partial charge in [0.05, 0.1) is 30.0 Å². The molecule has 1 saturated heterocycles. The molecule has 1 fully saturated rings. The van der Waals surface area contributed by atoms with Crippen LogP contribution in [-0.4, -0.2) is 54.7 Å². The normalized spacial score (nSPS) is 13.7. The summed E-state index contributed by atoms with van der Waals surface area (Å²) in [4.78, 5) is 51.4. The average Bonchev–Trinajstić information content (AvgIpc) is 3.21. The van der Waals surface area contributed by atoms with E-state index < -0.39 is 23.6 Å². The minimum Gasteiger partial charge on any atom is -0.493 e. The Morgan fingerprint density at radius 1 is 0.902 bits per heavy atom. The first-order valence-corrected chi connectivity index (χ1v) is 14.0. The molecule has 4 amide bonds. The number of ether oxygens (including phenoxy) is 3. The monoisotopic (exact) mass is 639 g/mol. The third kappa shape index (κ3) is 7.68. The van der Waals surface area contributed by atoms with Crippen molar-refractivity contribution in [3.8, 4) is 17.2 Å². The molecule has 2 N–H and O–H groups in total. The van der Waals surface area contributed by atoms with Crippen molar-refractivity contribution in [2.75, 3.05) is 37.5 Å². The van der Waals surface area contributed by atoms with Crippen molar-refractivity contribution in [2.24, 2.45) is 0 Å². The second kappa shape index (κ2) is 13.9. The predicted molar refractivity (Wildman–Crippen MR) is 160 cm³/mol. The SMILES string of the molecule is CCOc1ccccc1NC(=O)COc1ccc(/C=C2/SC(=O)N(CC(=O)Nc3ccccc3Br)C2=O)cc1OC. The minimum atomic E-state index is -0.578. The van der Waals surface area contributed by atoms with Crippen LogP contribution in [-0.2, 0) is 14.4 Å². The molecule has 10 nitrogen and oxygen atoms in total. The number of para-hydroxylation sites is 3. The van der Waals surface area contributed by atoms with E-state index in [9.17, 15) is 19.2 Å². The van der Waals surface area contributed by atoms with Gasteiger partial charge in [-0.25, -0.2) is 0 Å². The van der Waals surface area contributed by atoms with Crippen LogP contribution in [0.4, 0.5) is 16.2 Å². The van der Waals surface area contributed by atoms with Crippen molar-refractivity contribution in [1.29, 1.82) is 0 Å². The van der Waals surface area contributed by atoms with Crippen LogP contribution in [0.1, 0.15) is 12.5 Å². The second-order valence-electron chi connectivity index (χ2n) is 8.47. The Bertz CT molecular complexity index is 1510. The molecular weight excluding hydrogens is 614 g/mol. The Hall–Kier alpha value is -4.29. The Morgan fingerprint density at radius 2 is 1.61 bits per heavy atom. The highest BCUT2D eigenvalue weighted by atomic mass is 79.9. The molecule has 0 unspecified atom stereocenters. The number of hydrogen-bond donors (Lipinski definition) is 2. The Balaban J connectivity index is 1.38. The van der Waals surface area contributed by atoms with E-state index in [0.717, 1.165) is 16.7 Å². The van der Waals surface area contributed by atoms with E-state index in [4.69, 9.17) is 14.2 Å². The van der Waals surface area contributed by atoms with E-state index in [1.54, 1.807) is 60.7 Å². The van der Waals surface area contributed by atoms with Gasteiger partial charge in [-0.2, -0.15) is 0 Å². The summed E-state index contributed by atoms with van der Waals surface area (Å²) in [6.07, 6.45) is 1.53. The molecule has 3 aromatic rings. The van der Waals surface area contributed by atoms with Crippen LogP contribution in [0.2, 0.25) is 0 Å². The zero-order valence-corrected chi connectivity index (χ0v) is 24.5. The van der Waals surface area contributed by atoms with Crippen molar-refractivity contribution in [3.05, 3.63) is 81.7 Å². The Kier molecular flexibility index (Phi) is 10.0. The molecule has 0 atom stereocenters. The van der Waals surface area contributed by atoms with Crippen molar-refractivity contribution in [2.45, 2.75) is 6.92 Å². The molecule has 41 heavy (non-hydrogen) atoms. The number of thioether (sulfide) groups is 1. The van der Waals surface area contributed by atoms with Crippen LogP contribution in [0.15, 0.2) is 76.1 Å². The van der Waals surface area contributed by atoms with E-state index >= 15 is 0 Å². The molecule has 1 heterocycles. The number of hydrogen-bond acceptors (Lipinski definition) is 8. The van der Waals surface area contributed by atoms with E-state index in [2.05, 4.69) is 26.6 Å². The van der Waals surface area contributed by atoms with Crippen molar-refractivity contribution < 1.29 is 33.4 Å². The van der Waals surface area contributed by atoms with Gasteiger partial charge in [0.25, 0.3) is 17.1 Å². The summed E-state index contributed by atoms with van der Waals surface area (Å²) in [5, 5.41) is 4.89. The number of anilines is 2. The van der Waals surface area contributed by atoms with Crippen LogP contribution in [0, 0.1) is 0 Å². The van der Waals surface area contributed by atoms with E-state index in [1.807, 2.05) is 13.0 Å². The number of nitrogens with zero attached hydrogens (tertiary/aromatic N) is 1. The van der Waals surface area contributed by atoms with Crippen LogP contribution >= 0.6 is 27.7 Å². The fraction of sp³-hybridized carbons (Fsp3) is 0.172. The molecule has 0 aliphatic carbocycles. The number of carbonyl (C=O) groups is 4. The first-order chi connectivity index (χ1) is 19.8. The summed E-state index contributed by atoms with van der Waals surface area (Å²) in [5.74, 6) is -0.275. The van der Waals surface area contributed by atoms with Crippen molar-refractivity contribution in [3.63, 3.8) is 0 Å². The molecule has 3 aromatic carbocycles. The number of halogens is 1. The van der Waals surface area contributed by atoms with Crippen LogP contribution < -0.4 is 24.8 Å². The van der Waals surface area contributed by atoms with Gasteiger partial charge >= 0.3 is 0 Å². The molecule has 0 aromatic heterocycles. The molecule has 4 rings (SSSR count). The zero-order valence-electron chi connectivity index (χ0n) is 22.1. The van der Waals surface area contributed by atoms with Gasteiger partial charge in [0.1, 0.15) is 12.3 Å². The van der Waals surface area contributed by atoms with E-state index in [1.165, 1.54) is 13.2 Å². The van der Waals surface area contributed by atoms with Crippen molar-refractivity contribution >= 4 is 68.1 Å². The third-order valence-electron chi connectivity index (χ3n) is 5.63. The van der Waals surface area contributed by atoms with Gasteiger partial charge in [-0.05, 0) is 82.7 Å². The number of imide groups is 1. The lowest BCUT2D eigenvalue weighted by atomic mass is 10.2. The van der Waals surface area contributed by atoms with Gasteiger partial charge in [0.15, 0.2) is 18.1 Å². The predicted octanol–water partition coefficient (Wildman–Crippen LogP) is 5.55. The lowest BCUT2D eigenvalue weighted by molar-refractivity contribution is -0.127. The number of methoxy groups -OCH3 is 1. The number of rotatable bonds is 11. The molecule has 1 aliphatic rings. The number of nitrogens with one attached hydrogen (secondary N) is 2. The van der Waals surface area contributed by atoms with Gasteiger partial charge in [0, 0.05) is 4.47 Å². The smallest absolute Gasteiger partial charge is 0.294 e. The topological polar surface area (TPSA) is 123 Å². The van der Waals surface area contributed by atoms with Crippen LogP contribution in [0.25, 0.3) is 6.08 Å². The molecule has 0 saturated carbocycles. The van der Waals surface area contributed by atoms with E-state index in [0.29, 0.717) is 45.3 Å². The molecular formula is C29H26BrN3O7S. The summed E-state index contributed by atoms with van der Waals surface area (Å²) >= 11 is 4.08. The highest BCUT2D eigenvalue weighted by molar-refractivity contribution is 9.10. The van der Waals surface area contributed by atoms with E-state index in [-0.39, 0.29) is 17.4 Å². The number of carbonyl (C=O) groups excluding carboxylic acids is 4. The zero-order chi connectivity index (χ0) is 29.4. The van der Waals surface area contributed by atoms with Gasteiger partial charge < -0.3 is 24.8 Å². The van der Waals surface area contributed by atoms with Crippen LogP contribution in [0.3, 0.4) is 0 Å². The summed E-state index contributed by atoms with van der Waals surface area (Å²) in [7, 11) is 1.45. The van der Waals surface area contributed by atoms with Gasteiger partial charge in [-0.1, -0.05) is 30.3 Å². The standard InChI is InChI=1S/C29H26BrN3O7S/c1-3-39-22-11-7-6-10-21(22)32-27(35)17-40-23-13-12-18(14-24(23)38-2)15-25-28(36)33(29(37)41-25)16-26(34)31-20-9-5-4-8-19(20)30/h4-15H,3,16-17H2,1-2H3,(H,31,34)(H,32,35)/b25-15+. The molecule has 1 aliphatic heterocycles. The molecule has 0 bridgehead atoms. The molecule has 0 spiro atoms. The Morgan fingerprint density at radius 3 is 2.34 bits per heavy atom. The second-order valence-corrected chi connectivity index (χ2v) is 10.3. The first-order valence-electron chi connectivity index (χ1n) is 12.4. The minimum absolute atomic E-state index is 0.159. The van der Waals surface area contributed by atoms with Gasteiger partial charge in [-0.15, -0.1) is 0 Å². The maximum Gasteiger partial charge on any atom is 0.294 e. The lowest BCUT2D eigenvalue weighted by Crippen LogP contribution is -2.36. The highest BCUT2D eigenvalue weighted by Gasteiger charge is 2.36. The largest absolute Gasteiger partial charge is 0.493 e. The molecule has 212 valence electrons. The number of benzene rings is 3. The summed E-state index contributed by atoms with van der Waals surface area (Å²) in [5.41, 5.74) is 1.62. The van der Waals surface area contributed by atoms with Crippen molar-refractivity contribution in [1.82, 2.24) is 4.90 Å². The summed E-state index contributed by atoms with van der Waals surface area (Å²) in [6.45, 7) is 1.61. The molecule has 0 radical (unpaired) electrons. The maximum atomic E-state index is 12.9. The fourth-order valence-electron chi connectivity index (χ4n) is 3.76. The Labute approximate surface area is 249 Å². The maximum absolute atomic E-state index is 12.9. The highest BCUT2D eigenvalue weighted by Crippen LogP contribution is 2.35. The number of amides is 4. The molecule has 12 heteroatoms. The van der Waals surface area contributed by atoms with Crippen LogP contribution in [0.5, 0.6) is 17.2 Å². The average molecular weight is 641 g/mol. The summed E-state index contributed by atoms with van der Waals surface area (Å²) < 4.78 is 17.3. The quantitative estimate of drug-likeness (QED) is 0.262. The summed E-state index contributed by atoms with van der Waals surface area (Å²) in [6, 6.07) is 19.0. The fourth-order valence-corrected chi connectivity index (χ4v) is 4.98. The third-order valence-corrected chi connectivity index (χ3v) is 7.23. The van der Waals surface area contributed by atoms with Gasteiger partial charge in [0.2, 0.25) is 5.91 Å².